The van der Waals surface area contributed by atoms with Gasteiger partial charge in [0.1, 0.15) is 0 Å². The van der Waals surface area contributed by atoms with E-state index in [0.717, 1.165) is 0 Å². The topological polar surface area (TPSA) is 21.1 Å². The lowest BCUT2D eigenvalue weighted by Gasteiger charge is -2.46. The first-order chi connectivity index (χ1) is 11.4. The fraction of sp³-hybridized carbons (Fsp3) is 0.571. The average molecular weight is 326 g/mol. The summed E-state index contributed by atoms with van der Waals surface area (Å²) in [5, 5.41) is 4.64. The number of benzene rings is 1. The zero-order chi connectivity index (χ0) is 17.3. The van der Waals surface area contributed by atoms with Crippen LogP contribution >= 0.6 is 0 Å². The average Bonchev–Trinajstić information content (AvgIpc) is 3.03. The molecular formula is C21H31N3. The number of hydrogen-bond acceptors (Lipinski definition) is 2. The number of aryl methyl sites for hydroxylation is 1. The van der Waals surface area contributed by atoms with Gasteiger partial charge < -0.3 is 0 Å². The molecule has 3 nitrogen and oxygen atoms in total. The van der Waals surface area contributed by atoms with Crippen molar-refractivity contribution < 1.29 is 0 Å². The van der Waals surface area contributed by atoms with Crippen LogP contribution in [0.3, 0.4) is 0 Å². The quantitative estimate of drug-likeness (QED) is 0.797. The summed E-state index contributed by atoms with van der Waals surface area (Å²) in [6.45, 7) is 12.7. The van der Waals surface area contributed by atoms with Crippen LogP contribution in [0.1, 0.15) is 64.0 Å². The Bertz CT molecular complexity index is 680. The highest BCUT2D eigenvalue weighted by Gasteiger charge is 2.34. The number of para-hydroxylation sites is 1. The van der Waals surface area contributed by atoms with Gasteiger partial charge in [-0.05, 0) is 76.6 Å². The van der Waals surface area contributed by atoms with E-state index >= 15 is 0 Å². The highest BCUT2D eigenvalue weighted by Crippen LogP contribution is 2.36. The fourth-order valence-corrected chi connectivity index (χ4v) is 4.12. The summed E-state index contributed by atoms with van der Waals surface area (Å²) in [6.07, 6.45) is 8.02. The van der Waals surface area contributed by atoms with E-state index in [9.17, 15) is 0 Å². The first kappa shape index (κ1) is 17.2. The van der Waals surface area contributed by atoms with Gasteiger partial charge in [-0.2, -0.15) is 5.10 Å². The molecular weight excluding hydrogens is 294 g/mol. The maximum atomic E-state index is 4.64. The summed E-state index contributed by atoms with van der Waals surface area (Å²) in [5.41, 5.74) is 4.10. The first-order valence-electron chi connectivity index (χ1n) is 9.27. The summed E-state index contributed by atoms with van der Waals surface area (Å²) >= 11 is 0. The van der Waals surface area contributed by atoms with Gasteiger partial charge in [-0.3, -0.25) is 4.90 Å². The Morgan fingerprint density at radius 2 is 1.96 bits per heavy atom. The lowest BCUT2D eigenvalue weighted by atomic mass is 9.83. The van der Waals surface area contributed by atoms with Crippen LogP contribution in [0.2, 0.25) is 0 Å². The molecule has 0 radical (unpaired) electrons. The maximum absolute atomic E-state index is 4.64. The molecule has 1 aliphatic heterocycles. The van der Waals surface area contributed by atoms with Crippen molar-refractivity contribution in [2.24, 2.45) is 0 Å². The molecule has 2 heterocycles. The Kier molecular flexibility index (Phi) is 4.82. The summed E-state index contributed by atoms with van der Waals surface area (Å²) < 4.78 is 2.04. The summed E-state index contributed by atoms with van der Waals surface area (Å²) in [6, 6.07) is 9.12. The predicted molar refractivity (Wildman–Crippen MR) is 101 cm³/mol. The fourth-order valence-electron chi connectivity index (χ4n) is 4.12. The second kappa shape index (κ2) is 6.72. The van der Waals surface area contributed by atoms with E-state index in [2.05, 4.69) is 81.3 Å². The monoisotopic (exact) mass is 325 g/mol. The highest BCUT2D eigenvalue weighted by atomic mass is 15.3. The van der Waals surface area contributed by atoms with E-state index in [4.69, 9.17) is 0 Å². The number of rotatable bonds is 3. The Labute approximate surface area is 146 Å². The van der Waals surface area contributed by atoms with Crippen LogP contribution in [0.4, 0.5) is 0 Å². The number of piperidine rings is 1. The molecule has 1 aromatic heterocycles. The van der Waals surface area contributed by atoms with Crippen molar-refractivity contribution in [3.8, 4) is 5.69 Å². The minimum Gasteiger partial charge on any atom is -0.296 e. The third kappa shape index (κ3) is 3.41. The summed E-state index contributed by atoms with van der Waals surface area (Å²) in [5.74, 6) is 0.631. The molecule has 0 spiro atoms. The van der Waals surface area contributed by atoms with Crippen molar-refractivity contribution in [1.82, 2.24) is 14.7 Å². The van der Waals surface area contributed by atoms with Crippen molar-refractivity contribution in [2.75, 3.05) is 6.54 Å². The SMILES string of the molecule is CC[C@@H]1C[C@@H](c2cnn(-c3ccccc3C)c2)CCN1C(C)(C)C. The smallest absolute Gasteiger partial charge is 0.0674 e. The molecule has 3 rings (SSSR count). The molecule has 1 fully saturated rings. The second-order valence-corrected chi connectivity index (χ2v) is 8.15. The van der Waals surface area contributed by atoms with Crippen LogP contribution in [0.5, 0.6) is 0 Å². The van der Waals surface area contributed by atoms with Gasteiger partial charge in [0, 0.05) is 17.8 Å². The van der Waals surface area contributed by atoms with Crippen LogP contribution in [0, 0.1) is 6.92 Å². The molecule has 1 saturated heterocycles. The van der Waals surface area contributed by atoms with Gasteiger partial charge in [0.25, 0.3) is 0 Å². The number of aromatic nitrogens is 2. The van der Waals surface area contributed by atoms with Crippen LogP contribution in [-0.2, 0) is 0 Å². The van der Waals surface area contributed by atoms with Crippen LogP contribution in [-0.4, -0.2) is 32.8 Å². The molecule has 0 N–H and O–H groups in total. The number of hydrogen-bond donors (Lipinski definition) is 0. The van der Waals surface area contributed by atoms with Gasteiger partial charge >= 0.3 is 0 Å². The Morgan fingerprint density at radius 3 is 2.62 bits per heavy atom. The molecule has 0 aliphatic carbocycles. The molecule has 0 saturated carbocycles. The predicted octanol–water partition coefficient (Wildman–Crippen LogP) is 4.94. The van der Waals surface area contributed by atoms with Crippen LogP contribution in [0.15, 0.2) is 36.7 Å². The minimum absolute atomic E-state index is 0.261. The molecule has 1 aromatic carbocycles. The molecule has 130 valence electrons. The molecule has 24 heavy (non-hydrogen) atoms. The third-order valence-corrected chi connectivity index (χ3v) is 5.48. The highest BCUT2D eigenvalue weighted by molar-refractivity contribution is 5.39. The van der Waals surface area contributed by atoms with Gasteiger partial charge in [0.05, 0.1) is 11.9 Å². The van der Waals surface area contributed by atoms with Gasteiger partial charge in [-0.1, -0.05) is 25.1 Å². The molecule has 0 unspecified atom stereocenters. The van der Waals surface area contributed by atoms with E-state index in [0.29, 0.717) is 12.0 Å². The van der Waals surface area contributed by atoms with Gasteiger partial charge in [0.2, 0.25) is 0 Å². The molecule has 1 aliphatic rings. The zero-order valence-electron chi connectivity index (χ0n) is 15.8. The zero-order valence-corrected chi connectivity index (χ0v) is 15.8. The first-order valence-corrected chi connectivity index (χ1v) is 9.27. The molecule has 0 bridgehead atoms. The molecule has 2 atom stereocenters. The van der Waals surface area contributed by atoms with E-state index in [1.165, 1.54) is 42.6 Å². The van der Waals surface area contributed by atoms with Gasteiger partial charge in [-0.15, -0.1) is 0 Å². The lowest BCUT2D eigenvalue weighted by molar-refractivity contribution is 0.0416. The molecule has 3 heteroatoms. The summed E-state index contributed by atoms with van der Waals surface area (Å²) in [4.78, 5) is 2.69. The third-order valence-electron chi connectivity index (χ3n) is 5.48. The van der Waals surface area contributed by atoms with E-state index in [1.807, 2.05) is 4.68 Å². The van der Waals surface area contributed by atoms with Crippen molar-refractivity contribution in [2.45, 2.75) is 71.4 Å². The second-order valence-electron chi connectivity index (χ2n) is 8.15. The molecule has 2 aromatic rings. The van der Waals surface area contributed by atoms with Crippen LogP contribution in [0.25, 0.3) is 5.69 Å². The normalized spacial score (nSPS) is 22.7. The maximum Gasteiger partial charge on any atom is 0.0674 e. The van der Waals surface area contributed by atoms with Crippen molar-refractivity contribution in [3.05, 3.63) is 47.8 Å². The van der Waals surface area contributed by atoms with Crippen molar-refractivity contribution in [3.63, 3.8) is 0 Å². The van der Waals surface area contributed by atoms with E-state index in [1.54, 1.807) is 0 Å². The van der Waals surface area contributed by atoms with Crippen molar-refractivity contribution in [1.29, 1.82) is 0 Å². The van der Waals surface area contributed by atoms with Gasteiger partial charge in [-0.25, -0.2) is 4.68 Å². The van der Waals surface area contributed by atoms with Crippen molar-refractivity contribution >= 4 is 0 Å². The number of nitrogens with zero attached hydrogens (tertiary/aromatic N) is 3. The lowest BCUT2D eigenvalue weighted by Crippen LogP contribution is -2.51. The standard InChI is InChI=1S/C21H31N3/c1-6-19-13-17(11-12-23(19)21(3,4)5)18-14-22-24(15-18)20-10-8-7-9-16(20)2/h7-10,14-15,17,19H,6,11-13H2,1-5H3/t17-,19+/m0/s1. The summed E-state index contributed by atoms with van der Waals surface area (Å²) in [7, 11) is 0. The minimum atomic E-state index is 0.261. The van der Waals surface area contributed by atoms with Crippen LogP contribution < -0.4 is 0 Å². The van der Waals surface area contributed by atoms with E-state index in [-0.39, 0.29) is 5.54 Å². The Hall–Kier alpha value is -1.61. The molecule has 0 amide bonds. The van der Waals surface area contributed by atoms with E-state index < -0.39 is 0 Å². The van der Waals surface area contributed by atoms with Gasteiger partial charge in [0.15, 0.2) is 0 Å². The largest absolute Gasteiger partial charge is 0.296 e. The Balaban J connectivity index is 1.78. The Morgan fingerprint density at radius 1 is 1.21 bits per heavy atom. The number of likely N-dealkylation sites (tertiary alicyclic amines) is 1.